The Kier molecular flexibility index (Phi) is 4.25. The normalized spacial score (nSPS) is 11.0. The van der Waals surface area contributed by atoms with E-state index < -0.39 is 11.1 Å². The van der Waals surface area contributed by atoms with Gasteiger partial charge in [-0.1, -0.05) is 24.3 Å². The molecule has 0 aliphatic rings. The Labute approximate surface area is 170 Å². The number of hydrogen-bond acceptors (Lipinski definition) is 8. The van der Waals surface area contributed by atoms with Crippen molar-refractivity contribution >= 4 is 44.7 Å². The fourth-order valence-corrected chi connectivity index (χ4v) is 2.94. The molecule has 0 bridgehead atoms. The van der Waals surface area contributed by atoms with Crippen molar-refractivity contribution in [3.05, 3.63) is 85.8 Å². The van der Waals surface area contributed by atoms with Crippen molar-refractivity contribution < 1.29 is 0 Å². The average molecular weight is 412 g/mol. The van der Waals surface area contributed by atoms with Crippen LogP contribution in [0.3, 0.4) is 0 Å². The zero-order valence-electron chi connectivity index (χ0n) is 15.7. The topological polar surface area (TPSA) is 163 Å². The quantitative estimate of drug-likeness (QED) is 0.246. The number of benzene rings is 2. The maximum Gasteiger partial charge on any atom is 0.315 e. The van der Waals surface area contributed by atoms with Crippen LogP contribution in [0.25, 0.3) is 44.7 Å². The Hall–Kier alpha value is -4.80. The van der Waals surface area contributed by atoms with Crippen molar-refractivity contribution in [2.45, 2.75) is 0 Å². The molecule has 0 spiro atoms. The summed E-state index contributed by atoms with van der Waals surface area (Å²) < 4.78 is 0. The molecule has 6 aromatic rings. The van der Waals surface area contributed by atoms with Crippen LogP contribution in [0.2, 0.25) is 0 Å². The molecule has 0 atom stereocenters. The predicted molar refractivity (Wildman–Crippen MR) is 114 cm³/mol. The lowest BCUT2D eigenvalue weighted by Crippen LogP contribution is -2.29. The average Bonchev–Trinajstić information content (AvgIpc) is 2.78. The third-order valence-electron chi connectivity index (χ3n) is 4.34. The van der Waals surface area contributed by atoms with Crippen LogP contribution in [0.1, 0.15) is 0 Å². The Morgan fingerprint density at radius 1 is 0.548 bits per heavy atom. The van der Waals surface area contributed by atoms with Crippen molar-refractivity contribution in [3.8, 4) is 0 Å². The zero-order chi connectivity index (χ0) is 21.4. The lowest BCUT2D eigenvalue weighted by Gasteiger charge is -1.98. The SMILES string of the molecule is O=c1[nH]c2nc3ccccc3nc2[nH]c1=O.O=c1cnc2nc3ccccc3nc2[nH]1. The summed E-state index contributed by atoms with van der Waals surface area (Å²) >= 11 is 0. The summed E-state index contributed by atoms with van der Waals surface area (Å²) in [6, 6.07) is 14.7. The van der Waals surface area contributed by atoms with Crippen LogP contribution in [-0.2, 0) is 0 Å². The van der Waals surface area contributed by atoms with Crippen molar-refractivity contribution in [1.29, 1.82) is 0 Å². The first-order valence-electron chi connectivity index (χ1n) is 9.08. The highest BCUT2D eigenvalue weighted by atomic mass is 16.2. The van der Waals surface area contributed by atoms with E-state index in [1.807, 2.05) is 36.4 Å². The molecule has 0 aliphatic carbocycles. The lowest BCUT2D eigenvalue weighted by molar-refractivity contribution is 1.10. The van der Waals surface area contributed by atoms with Gasteiger partial charge >= 0.3 is 11.1 Å². The molecule has 0 unspecified atom stereocenters. The molecule has 0 saturated carbocycles. The summed E-state index contributed by atoms with van der Waals surface area (Å²) in [5.41, 5.74) is 2.55. The van der Waals surface area contributed by atoms with Gasteiger partial charge in [0, 0.05) is 0 Å². The van der Waals surface area contributed by atoms with E-state index in [4.69, 9.17) is 0 Å². The second-order valence-corrected chi connectivity index (χ2v) is 6.45. The molecule has 4 heterocycles. The van der Waals surface area contributed by atoms with Gasteiger partial charge < -0.3 is 4.98 Å². The third-order valence-corrected chi connectivity index (χ3v) is 4.34. The number of rotatable bonds is 0. The highest BCUT2D eigenvalue weighted by molar-refractivity contribution is 5.82. The van der Waals surface area contributed by atoms with Gasteiger partial charge in [0.15, 0.2) is 22.6 Å². The minimum absolute atomic E-state index is 0.271. The van der Waals surface area contributed by atoms with E-state index in [1.165, 1.54) is 6.20 Å². The summed E-state index contributed by atoms with van der Waals surface area (Å²) in [5, 5.41) is 0. The second-order valence-electron chi connectivity index (χ2n) is 6.45. The molecule has 150 valence electrons. The van der Waals surface area contributed by atoms with Crippen molar-refractivity contribution in [2.24, 2.45) is 0 Å². The number of hydrogen-bond donors (Lipinski definition) is 3. The Bertz CT molecular complexity index is 1700. The van der Waals surface area contributed by atoms with E-state index in [9.17, 15) is 14.4 Å². The molecule has 11 heteroatoms. The van der Waals surface area contributed by atoms with Gasteiger partial charge in [-0.25, -0.2) is 24.9 Å². The first-order valence-corrected chi connectivity index (χ1v) is 9.08. The molecule has 0 saturated heterocycles. The van der Waals surface area contributed by atoms with Crippen molar-refractivity contribution in [1.82, 2.24) is 39.9 Å². The van der Waals surface area contributed by atoms with E-state index in [2.05, 4.69) is 39.9 Å². The van der Waals surface area contributed by atoms with Gasteiger partial charge in [-0.3, -0.25) is 24.4 Å². The summed E-state index contributed by atoms with van der Waals surface area (Å²) in [6.45, 7) is 0. The van der Waals surface area contributed by atoms with E-state index in [0.717, 1.165) is 11.0 Å². The first kappa shape index (κ1) is 18.2. The molecule has 0 aliphatic heterocycles. The van der Waals surface area contributed by atoms with Crippen LogP contribution in [0, 0.1) is 0 Å². The standard InChI is InChI=1S/C10H6N4O2.C10H6N4O/c15-9-10(16)14-8-7(13-9)11-5-3-1-2-4-6(5)12-8;15-8-5-11-9-10(14-8)13-7-4-2-1-3-6(7)12-9/h1-4H,(H,11,13,15)(H,12,14,16);1-5H,(H,13,14,15). The number of aromatic nitrogens is 8. The van der Waals surface area contributed by atoms with Crippen LogP contribution in [-0.4, -0.2) is 39.9 Å². The second kappa shape index (κ2) is 7.22. The number of H-pyrrole nitrogens is 3. The molecule has 11 nitrogen and oxygen atoms in total. The summed E-state index contributed by atoms with van der Waals surface area (Å²) in [6.07, 6.45) is 1.20. The van der Waals surface area contributed by atoms with Crippen molar-refractivity contribution in [3.63, 3.8) is 0 Å². The van der Waals surface area contributed by atoms with Gasteiger partial charge in [0.2, 0.25) is 0 Å². The molecule has 0 amide bonds. The first-order chi connectivity index (χ1) is 15.1. The van der Waals surface area contributed by atoms with Gasteiger partial charge in [-0.05, 0) is 24.3 Å². The predicted octanol–water partition coefficient (Wildman–Crippen LogP) is 1.03. The Morgan fingerprint density at radius 2 is 1.00 bits per heavy atom. The van der Waals surface area contributed by atoms with E-state index >= 15 is 0 Å². The van der Waals surface area contributed by atoms with Gasteiger partial charge in [-0.2, -0.15) is 0 Å². The highest BCUT2D eigenvalue weighted by Crippen LogP contribution is 2.11. The van der Waals surface area contributed by atoms with Gasteiger partial charge in [0.25, 0.3) is 5.56 Å². The number of fused-ring (bicyclic) bond motifs is 4. The van der Waals surface area contributed by atoms with Crippen LogP contribution >= 0.6 is 0 Å². The van der Waals surface area contributed by atoms with E-state index in [0.29, 0.717) is 22.3 Å². The Balaban J connectivity index is 0.000000132. The van der Waals surface area contributed by atoms with E-state index in [-0.39, 0.29) is 16.9 Å². The molecule has 0 fully saturated rings. The largest absolute Gasteiger partial charge is 0.315 e. The zero-order valence-corrected chi connectivity index (χ0v) is 15.7. The molecule has 6 rings (SSSR count). The number of nitrogens with one attached hydrogen (secondary N) is 3. The number of para-hydroxylation sites is 4. The molecule has 3 N–H and O–H groups in total. The summed E-state index contributed by atoms with van der Waals surface area (Å²) in [5.74, 6) is 0. The minimum Gasteiger partial charge on any atom is -0.303 e. The molecule has 31 heavy (non-hydrogen) atoms. The molecular formula is C20H12N8O3. The maximum atomic E-state index is 11.1. The minimum atomic E-state index is -0.725. The smallest absolute Gasteiger partial charge is 0.303 e. The molecular weight excluding hydrogens is 400 g/mol. The monoisotopic (exact) mass is 412 g/mol. The van der Waals surface area contributed by atoms with Gasteiger partial charge in [0.1, 0.15) is 0 Å². The highest BCUT2D eigenvalue weighted by Gasteiger charge is 2.04. The van der Waals surface area contributed by atoms with Crippen LogP contribution in [0.5, 0.6) is 0 Å². The Morgan fingerprint density at radius 3 is 1.52 bits per heavy atom. The van der Waals surface area contributed by atoms with Crippen LogP contribution < -0.4 is 16.7 Å². The fourth-order valence-electron chi connectivity index (χ4n) is 2.94. The third kappa shape index (κ3) is 3.51. The molecule has 2 aromatic carbocycles. The molecule has 4 aromatic heterocycles. The number of nitrogens with zero attached hydrogens (tertiary/aromatic N) is 5. The van der Waals surface area contributed by atoms with E-state index in [1.54, 1.807) is 12.1 Å². The number of aromatic amines is 3. The van der Waals surface area contributed by atoms with Crippen LogP contribution in [0.15, 0.2) is 69.1 Å². The molecule has 0 radical (unpaired) electrons. The lowest BCUT2D eigenvalue weighted by atomic mass is 10.3. The van der Waals surface area contributed by atoms with Crippen molar-refractivity contribution in [2.75, 3.05) is 0 Å². The van der Waals surface area contributed by atoms with Gasteiger partial charge in [0.05, 0.1) is 28.3 Å². The summed E-state index contributed by atoms with van der Waals surface area (Å²) in [7, 11) is 0. The van der Waals surface area contributed by atoms with Gasteiger partial charge in [-0.15, -0.1) is 0 Å². The fraction of sp³-hybridized carbons (Fsp3) is 0. The van der Waals surface area contributed by atoms with Crippen LogP contribution in [0.4, 0.5) is 0 Å². The maximum absolute atomic E-state index is 11.1. The summed E-state index contributed by atoms with van der Waals surface area (Å²) in [4.78, 5) is 61.4.